The van der Waals surface area contributed by atoms with Crippen LogP contribution in [0, 0.1) is 0 Å². The van der Waals surface area contributed by atoms with Crippen LogP contribution in [-0.2, 0) is 16.6 Å². The summed E-state index contributed by atoms with van der Waals surface area (Å²) in [4.78, 5) is 8.88. The first-order valence-electron chi connectivity index (χ1n) is 9.48. The Hall–Kier alpha value is -3.07. The van der Waals surface area contributed by atoms with Gasteiger partial charge in [-0.2, -0.15) is 0 Å². The van der Waals surface area contributed by atoms with E-state index in [9.17, 15) is 8.42 Å². The van der Waals surface area contributed by atoms with Gasteiger partial charge in [-0.05, 0) is 36.4 Å². The standard InChI is InChI=1S/C22H18Cl2N4O3S/c1-31-19-9-5-2-6-14(19)13-25-21-22(27-18-8-4-3-7-17(18)26-21)28-32(29,30)20-12-15(23)10-11-16(20)24/h2-12H,13H2,1H3,(H,25,26)(H,27,28). The maximum atomic E-state index is 13.1. The van der Waals surface area contributed by atoms with Crippen molar-refractivity contribution in [3.05, 3.63) is 82.3 Å². The number of benzene rings is 3. The fraction of sp³-hybridized carbons (Fsp3) is 0.0909. The zero-order valence-corrected chi connectivity index (χ0v) is 19.2. The lowest BCUT2D eigenvalue weighted by Crippen LogP contribution is -2.17. The molecule has 0 radical (unpaired) electrons. The van der Waals surface area contributed by atoms with Crippen molar-refractivity contribution in [2.75, 3.05) is 17.1 Å². The topological polar surface area (TPSA) is 93.2 Å². The molecular weight excluding hydrogens is 471 g/mol. The maximum Gasteiger partial charge on any atom is 0.264 e. The molecule has 0 aliphatic carbocycles. The molecule has 0 atom stereocenters. The summed E-state index contributed by atoms with van der Waals surface area (Å²) < 4.78 is 34.0. The van der Waals surface area contributed by atoms with Gasteiger partial charge in [0.25, 0.3) is 10.0 Å². The molecule has 0 aliphatic heterocycles. The number of halogens is 2. The molecule has 1 heterocycles. The average Bonchev–Trinajstić information content (AvgIpc) is 2.79. The Bertz CT molecular complexity index is 1400. The Balaban J connectivity index is 1.73. The summed E-state index contributed by atoms with van der Waals surface area (Å²) in [6.45, 7) is 0.337. The molecule has 10 heteroatoms. The summed E-state index contributed by atoms with van der Waals surface area (Å²) in [5, 5.41) is 3.44. The van der Waals surface area contributed by atoms with Crippen LogP contribution in [0.25, 0.3) is 11.0 Å². The normalized spacial score (nSPS) is 11.3. The molecule has 32 heavy (non-hydrogen) atoms. The van der Waals surface area contributed by atoms with Gasteiger partial charge in [-0.1, -0.05) is 53.5 Å². The third-order valence-corrected chi connectivity index (χ3v) is 6.68. The largest absolute Gasteiger partial charge is 0.496 e. The van der Waals surface area contributed by atoms with Crippen molar-refractivity contribution in [1.29, 1.82) is 0 Å². The van der Waals surface area contributed by atoms with Crippen molar-refractivity contribution >= 4 is 55.9 Å². The van der Waals surface area contributed by atoms with Crippen LogP contribution in [0.1, 0.15) is 5.56 Å². The number of sulfonamides is 1. The number of para-hydroxylation sites is 3. The number of nitrogens with zero attached hydrogens (tertiary/aromatic N) is 2. The van der Waals surface area contributed by atoms with E-state index in [2.05, 4.69) is 20.0 Å². The predicted octanol–water partition coefficient (Wildman–Crippen LogP) is 5.36. The second-order valence-corrected chi connectivity index (χ2v) is 9.25. The lowest BCUT2D eigenvalue weighted by Gasteiger charge is -2.15. The number of aromatic nitrogens is 2. The van der Waals surface area contributed by atoms with Crippen molar-refractivity contribution in [2.45, 2.75) is 11.4 Å². The molecule has 0 bridgehead atoms. The molecule has 4 rings (SSSR count). The average molecular weight is 489 g/mol. The minimum absolute atomic E-state index is 0.0367. The maximum absolute atomic E-state index is 13.1. The summed E-state index contributed by atoms with van der Waals surface area (Å²) in [5.41, 5.74) is 2.01. The summed E-state index contributed by atoms with van der Waals surface area (Å²) in [5.74, 6) is 0.993. The van der Waals surface area contributed by atoms with E-state index < -0.39 is 10.0 Å². The molecule has 0 amide bonds. The first-order valence-corrected chi connectivity index (χ1v) is 11.7. The highest BCUT2D eigenvalue weighted by molar-refractivity contribution is 7.92. The Kier molecular flexibility index (Phi) is 6.36. The van der Waals surface area contributed by atoms with Crippen LogP contribution in [0.15, 0.2) is 71.6 Å². The summed E-state index contributed by atoms with van der Waals surface area (Å²) >= 11 is 12.1. The molecule has 0 saturated carbocycles. The third-order valence-electron chi connectivity index (χ3n) is 4.62. The lowest BCUT2D eigenvalue weighted by atomic mass is 10.2. The van der Waals surface area contributed by atoms with Gasteiger partial charge in [-0.25, -0.2) is 18.4 Å². The molecule has 3 aromatic carbocycles. The van der Waals surface area contributed by atoms with Crippen molar-refractivity contribution in [3.8, 4) is 5.75 Å². The zero-order chi connectivity index (χ0) is 22.7. The number of fused-ring (bicyclic) bond motifs is 1. The van der Waals surface area contributed by atoms with E-state index in [4.69, 9.17) is 27.9 Å². The Labute approximate surface area is 195 Å². The first-order chi connectivity index (χ1) is 15.4. The highest BCUT2D eigenvalue weighted by Gasteiger charge is 2.22. The second kappa shape index (κ2) is 9.20. The van der Waals surface area contributed by atoms with Gasteiger partial charge in [-0.15, -0.1) is 0 Å². The van der Waals surface area contributed by atoms with Gasteiger partial charge in [0.2, 0.25) is 0 Å². The van der Waals surface area contributed by atoms with Crippen LogP contribution >= 0.6 is 23.2 Å². The molecule has 1 aromatic heterocycles. The minimum atomic E-state index is -4.09. The van der Waals surface area contributed by atoms with Crippen LogP contribution in [-0.4, -0.2) is 25.5 Å². The molecule has 4 aromatic rings. The van der Waals surface area contributed by atoms with Gasteiger partial charge in [0, 0.05) is 17.1 Å². The van der Waals surface area contributed by atoms with E-state index in [0.29, 0.717) is 23.3 Å². The number of anilines is 2. The summed E-state index contributed by atoms with van der Waals surface area (Å²) in [6.07, 6.45) is 0. The molecule has 0 fully saturated rings. The van der Waals surface area contributed by atoms with Crippen molar-refractivity contribution in [2.24, 2.45) is 0 Å². The van der Waals surface area contributed by atoms with E-state index in [-0.39, 0.29) is 26.6 Å². The number of nitrogens with one attached hydrogen (secondary N) is 2. The predicted molar refractivity (Wildman–Crippen MR) is 127 cm³/mol. The monoisotopic (exact) mass is 488 g/mol. The summed E-state index contributed by atoms with van der Waals surface area (Å²) in [7, 11) is -2.50. The van der Waals surface area contributed by atoms with Gasteiger partial charge in [0.1, 0.15) is 10.6 Å². The number of ether oxygens (including phenoxy) is 1. The van der Waals surface area contributed by atoms with Crippen LogP contribution in [0.4, 0.5) is 11.6 Å². The quantitative estimate of drug-likeness (QED) is 0.363. The molecule has 0 saturated heterocycles. The smallest absolute Gasteiger partial charge is 0.264 e. The van der Waals surface area contributed by atoms with Gasteiger partial charge >= 0.3 is 0 Å². The van der Waals surface area contributed by atoms with Gasteiger partial charge in [0.15, 0.2) is 11.6 Å². The number of hydrogen-bond donors (Lipinski definition) is 2. The van der Waals surface area contributed by atoms with Gasteiger partial charge in [0.05, 0.1) is 23.2 Å². The molecule has 2 N–H and O–H groups in total. The molecule has 0 aliphatic rings. The summed E-state index contributed by atoms with van der Waals surface area (Å²) in [6, 6.07) is 18.9. The van der Waals surface area contributed by atoms with Crippen LogP contribution < -0.4 is 14.8 Å². The first kappa shape index (κ1) is 22.1. The Morgan fingerprint density at radius 1 is 0.906 bits per heavy atom. The van der Waals surface area contributed by atoms with Crippen LogP contribution in [0.2, 0.25) is 10.0 Å². The zero-order valence-electron chi connectivity index (χ0n) is 16.8. The van der Waals surface area contributed by atoms with E-state index in [1.54, 1.807) is 25.3 Å². The van der Waals surface area contributed by atoms with Gasteiger partial charge in [-0.3, -0.25) is 4.72 Å². The SMILES string of the molecule is COc1ccccc1CNc1nc2ccccc2nc1NS(=O)(=O)c1cc(Cl)ccc1Cl. The van der Waals surface area contributed by atoms with Crippen molar-refractivity contribution < 1.29 is 13.2 Å². The van der Waals surface area contributed by atoms with Crippen LogP contribution in [0.5, 0.6) is 5.75 Å². The van der Waals surface area contributed by atoms with Crippen molar-refractivity contribution in [3.63, 3.8) is 0 Å². The number of methoxy groups -OCH3 is 1. The number of rotatable bonds is 7. The fourth-order valence-corrected chi connectivity index (χ4v) is 4.86. The number of hydrogen-bond acceptors (Lipinski definition) is 6. The van der Waals surface area contributed by atoms with E-state index in [0.717, 1.165) is 5.56 Å². The third kappa shape index (κ3) is 4.72. The van der Waals surface area contributed by atoms with Gasteiger partial charge < -0.3 is 10.1 Å². The fourth-order valence-electron chi connectivity index (χ4n) is 3.09. The molecule has 0 spiro atoms. The van der Waals surface area contributed by atoms with E-state index in [1.165, 1.54) is 18.2 Å². The molecule has 164 valence electrons. The van der Waals surface area contributed by atoms with Crippen molar-refractivity contribution in [1.82, 2.24) is 9.97 Å². The van der Waals surface area contributed by atoms with E-state index in [1.807, 2.05) is 30.3 Å². The Morgan fingerprint density at radius 3 is 2.28 bits per heavy atom. The Morgan fingerprint density at radius 2 is 1.56 bits per heavy atom. The molecular formula is C22H18Cl2N4O3S. The molecule has 0 unspecified atom stereocenters. The highest BCUT2D eigenvalue weighted by Crippen LogP contribution is 2.29. The second-order valence-electron chi connectivity index (χ2n) is 6.76. The minimum Gasteiger partial charge on any atom is -0.496 e. The van der Waals surface area contributed by atoms with Crippen LogP contribution in [0.3, 0.4) is 0 Å². The molecule has 7 nitrogen and oxygen atoms in total. The highest BCUT2D eigenvalue weighted by atomic mass is 35.5. The van der Waals surface area contributed by atoms with E-state index >= 15 is 0 Å². The lowest BCUT2D eigenvalue weighted by molar-refractivity contribution is 0.410.